The lowest BCUT2D eigenvalue weighted by Crippen LogP contribution is -2.31. The molecule has 1 heterocycles. The molecular weight excluding hydrogens is 472 g/mol. The minimum absolute atomic E-state index is 0.0429. The molecule has 1 unspecified atom stereocenters. The molecule has 0 fully saturated rings. The van der Waals surface area contributed by atoms with Gasteiger partial charge in [0.25, 0.3) is 5.56 Å². The highest BCUT2D eigenvalue weighted by molar-refractivity contribution is 6.03. The number of ether oxygens (including phenoxy) is 3. The Morgan fingerprint density at radius 3 is 2.27 bits per heavy atom. The minimum atomic E-state index is -0.960. The van der Waals surface area contributed by atoms with Crippen LogP contribution in [0.15, 0.2) is 47.3 Å². The molecular formula is C29H32N2O6. The number of carbonyl (C=O) groups excluding carboxylic acids is 1. The molecule has 1 N–H and O–H groups in total. The molecule has 0 aliphatic carbocycles. The van der Waals surface area contributed by atoms with Gasteiger partial charge in [-0.3, -0.25) is 14.2 Å². The SMILES string of the molecule is COc1ccc(CCn2c(O)c(C(=O)C(C)Oc3ccc(C(C)C)cc3)c(C)c(C#N)c2=O)cc1OC. The Balaban J connectivity index is 1.92. The monoisotopic (exact) mass is 504 g/mol. The number of aromatic hydroxyl groups is 1. The van der Waals surface area contributed by atoms with E-state index in [9.17, 15) is 20.0 Å². The number of ketones is 1. The third kappa shape index (κ3) is 5.78. The zero-order valence-electron chi connectivity index (χ0n) is 22.0. The van der Waals surface area contributed by atoms with Crippen LogP contribution in [0.1, 0.15) is 59.3 Å². The van der Waals surface area contributed by atoms with Gasteiger partial charge in [0.05, 0.1) is 19.8 Å². The van der Waals surface area contributed by atoms with Crippen molar-refractivity contribution in [2.45, 2.75) is 52.7 Å². The van der Waals surface area contributed by atoms with E-state index in [1.807, 2.05) is 24.3 Å². The molecule has 3 rings (SSSR count). The molecule has 37 heavy (non-hydrogen) atoms. The van der Waals surface area contributed by atoms with E-state index in [0.717, 1.165) is 15.7 Å². The number of Topliss-reactive ketones (excluding diaryl/α,β-unsaturated/α-hetero) is 1. The van der Waals surface area contributed by atoms with Crippen LogP contribution in [-0.2, 0) is 13.0 Å². The van der Waals surface area contributed by atoms with Crippen LogP contribution in [0.2, 0.25) is 0 Å². The molecule has 8 nitrogen and oxygen atoms in total. The lowest BCUT2D eigenvalue weighted by Gasteiger charge is -2.19. The van der Waals surface area contributed by atoms with Gasteiger partial charge >= 0.3 is 0 Å². The summed E-state index contributed by atoms with van der Waals surface area (Å²) in [7, 11) is 3.06. The van der Waals surface area contributed by atoms with E-state index in [-0.39, 0.29) is 23.2 Å². The summed E-state index contributed by atoms with van der Waals surface area (Å²) in [4.78, 5) is 26.4. The van der Waals surface area contributed by atoms with Crippen LogP contribution in [-0.4, -0.2) is 35.8 Å². The third-order valence-electron chi connectivity index (χ3n) is 6.35. The fourth-order valence-corrected chi connectivity index (χ4v) is 4.12. The number of rotatable bonds is 10. The van der Waals surface area contributed by atoms with Gasteiger partial charge in [-0.25, -0.2) is 0 Å². The van der Waals surface area contributed by atoms with E-state index in [4.69, 9.17) is 14.2 Å². The van der Waals surface area contributed by atoms with Crippen LogP contribution in [0.25, 0.3) is 0 Å². The zero-order chi connectivity index (χ0) is 27.3. The molecule has 0 radical (unpaired) electrons. The van der Waals surface area contributed by atoms with Gasteiger partial charge < -0.3 is 19.3 Å². The smallest absolute Gasteiger partial charge is 0.271 e. The molecule has 0 spiro atoms. The van der Waals surface area contributed by atoms with Gasteiger partial charge in [-0.15, -0.1) is 0 Å². The number of hydrogen-bond donors (Lipinski definition) is 1. The number of benzene rings is 2. The fourth-order valence-electron chi connectivity index (χ4n) is 4.12. The largest absolute Gasteiger partial charge is 0.494 e. The van der Waals surface area contributed by atoms with Crippen molar-refractivity contribution in [3.8, 4) is 29.2 Å². The zero-order valence-corrected chi connectivity index (χ0v) is 22.0. The normalized spacial score (nSPS) is 11.6. The van der Waals surface area contributed by atoms with Crippen LogP contribution >= 0.6 is 0 Å². The van der Waals surface area contributed by atoms with E-state index in [1.165, 1.54) is 21.1 Å². The maximum absolute atomic E-state index is 13.4. The second-order valence-corrected chi connectivity index (χ2v) is 9.05. The molecule has 8 heteroatoms. The summed E-state index contributed by atoms with van der Waals surface area (Å²) in [5.74, 6) is 0.939. The fraction of sp³-hybridized carbons (Fsp3) is 0.345. The highest BCUT2D eigenvalue weighted by atomic mass is 16.5. The van der Waals surface area contributed by atoms with E-state index in [0.29, 0.717) is 29.6 Å². The maximum atomic E-state index is 13.4. The summed E-state index contributed by atoms with van der Waals surface area (Å²) in [6.45, 7) is 7.26. The first-order chi connectivity index (χ1) is 17.6. The van der Waals surface area contributed by atoms with Crippen LogP contribution in [0.5, 0.6) is 23.1 Å². The first-order valence-electron chi connectivity index (χ1n) is 12.0. The van der Waals surface area contributed by atoms with Crippen LogP contribution in [0, 0.1) is 18.3 Å². The Kier molecular flexibility index (Phi) is 8.61. The number of aryl methyl sites for hydroxylation is 1. The van der Waals surface area contributed by atoms with Gasteiger partial charge in [0.15, 0.2) is 17.6 Å². The van der Waals surface area contributed by atoms with Crippen molar-refractivity contribution >= 4 is 5.78 Å². The van der Waals surface area contributed by atoms with E-state index >= 15 is 0 Å². The summed E-state index contributed by atoms with van der Waals surface area (Å²) in [6.07, 6.45) is -0.623. The van der Waals surface area contributed by atoms with Crippen molar-refractivity contribution in [1.82, 2.24) is 4.57 Å². The van der Waals surface area contributed by atoms with Crippen molar-refractivity contribution < 1.29 is 24.1 Å². The highest BCUT2D eigenvalue weighted by Crippen LogP contribution is 2.29. The first-order valence-corrected chi connectivity index (χ1v) is 12.0. The lowest BCUT2D eigenvalue weighted by atomic mass is 9.99. The van der Waals surface area contributed by atoms with Gasteiger partial charge in [-0.05, 0) is 67.1 Å². The minimum Gasteiger partial charge on any atom is -0.494 e. The second-order valence-electron chi connectivity index (χ2n) is 9.05. The number of nitrogens with zero attached hydrogens (tertiary/aromatic N) is 2. The standard InChI is InChI=1S/C29H32N2O6/c1-17(2)21-8-10-22(11-9-21)37-19(4)27(32)26-18(3)23(16-30)28(33)31(29(26)34)14-13-20-7-12-24(35-5)25(15-20)36-6/h7-12,15,17,19,34H,13-14H2,1-6H3. The predicted octanol–water partition coefficient (Wildman–Crippen LogP) is 4.77. The molecule has 0 bridgehead atoms. The molecule has 1 aromatic heterocycles. The molecule has 0 aliphatic heterocycles. The van der Waals surface area contributed by atoms with Crippen molar-refractivity contribution in [3.63, 3.8) is 0 Å². The summed E-state index contributed by atoms with van der Waals surface area (Å²) in [5, 5.41) is 20.7. The van der Waals surface area contributed by atoms with E-state index in [1.54, 1.807) is 31.2 Å². The third-order valence-corrected chi connectivity index (χ3v) is 6.35. The van der Waals surface area contributed by atoms with Gasteiger partial charge in [0.2, 0.25) is 11.7 Å². The quantitative estimate of drug-likeness (QED) is 0.396. The topological polar surface area (TPSA) is 111 Å². The summed E-state index contributed by atoms with van der Waals surface area (Å²) < 4.78 is 17.5. The first kappa shape index (κ1) is 27.3. The molecule has 2 aromatic carbocycles. The molecule has 1 atom stereocenters. The summed E-state index contributed by atoms with van der Waals surface area (Å²) >= 11 is 0. The Morgan fingerprint density at radius 2 is 1.70 bits per heavy atom. The van der Waals surface area contributed by atoms with Gasteiger partial charge in [-0.1, -0.05) is 32.0 Å². The molecule has 3 aromatic rings. The van der Waals surface area contributed by atoms with Gasteiger partial charge in [-0.2, -0.15) is 5.26 Å². The average Bonchev–Trinajstić information content (AvgIpc) is 2.88. The Labute approximate surface area is 216 Å². The number of methoxy groups -OCH3 is 2. The Hall–Kier alpha value is -4.25. The van der Waals surface area contributed by atoms with Crippen molar-refractivity contribution in [1.29, 1.82) is 5.26 Å². The summed E-state index contributed by atoms with van der Waals surface area (Å²) in [6, 6.07) is 14.7. The molecule has 194 valence electrons. The Bertz CT molecular complexity index is 1380. The lowest BCUT2D eigenvalue weighted by molar-refractivity contribution is 0.0812. The number of hydrogen-bond acceptors (Lipinski definition) is 7. The molecule has 0 saturated carbocycles. The van der Waals surface area contributed by atoms with Gasteiger partial charge in [0.1, 0.15) is 17.4 Å². The summed E-state index contributed by atoms with van der Waals surface area (Å²) in [5.41, 5.74) is 1.13. The van der Waals surface area contributed by atoms with Gasteiger partial charge in [0, 0.05) is 6.54 Å². The van der Waals surface area contributed by atoms with Crippen LogP contribution in [0.4, 0.5) is 0 Å². The van der Waals surface area contributed by atoms with Crippen molar-refractivity contribution in [3.05, 3.63) is 80.6 Å². The Morgan fingerprint density at radius 1 is 1.05 bits per heavy atom. The van der Waals surface area contributed by atoms with E-state index in [2.05, 4.69) is 13.8 Å². The maximum Gasteiger partial charge on any atom is 0.271 e. The number of aromatic nitrogens is 1. The molecule has 0 saturated heterocycles. The van der Waals surface area contributed by atoms with Crippen LogP contribution in [0.3, 0.4) is 0 Å². The second kappa shape index (κ2) is 11.7. The van der Waals surface area contributed by atoms with Crippen molar-refractivity contribution in [2.75, 3.05) is 14.2 Å². The average molecular weight is 505 g/mol. The highest BCUT2D eigenvalue weighted by Gasteiger charge is 2.28. The number of nitriles is 1. The van der Waals surface area contributed by atoms with E-state index < -0.39 is 23.3 Å². The number of pyridine rings is 1. The number of carbonyl (C=O) groups is 1. The predicted molar refractivity (Wildman–Crippen MR) is 140 cm³/mol. The molecule has 0 amide bonds. The van der Waals surface area contributed by atoms with Crippen LogP contribution < -0.4 is 19.8 Å². The molecule has 0 aliphatic rings. The van der Waals surface area contributed by atoms with Crippen molar-refractivity contribution in [2.24, 2.45) is 0 Å².